The first-order valence-corrected chi connectivity index (χ1v) is 8.62. The van der Waals surface area contributed by atoms with Gasteiger partial charge in [-0.25, -0.2) is 4.98 Å². The number of carbonyl (C=O) groups excluding carboxylic acids is 1. The van der Waals surface area contributed by atoms with Crippen LogP contribution < -0.4 is 10.9 Å². The summed E-state index contributed by atoms with van der Waals surface area (Å²) in [6.45, 7) is 0. The molecule has 1 atom stereocenters. The van der Waals surface area contributed by atoms with E-state index in [0.717, 1.165) is 10.0 Å². The van der Waals surface area contributed by atoms with Crippen LogP contribution in [0.2, 0.25) is 0 Å². The van der Waals surface area contributed by atoms with Crippen LogP contribution in [0.3, 0.4) is 0 Å². The van der Waals surface area contributed by atoms with Crippen LogP contribution in [0.15, 0.2) is 38.7 Å². The minimum Gasteiger partial charge on any atom is -0.310 e. The molecule has 0 unspecified atom stereocenters. The lowest BCUT2D eigenvalue weighted by atomic mass is 9.87. The Kier molecular flexibility index (Phi) is 4.55. The number of nitrogens with zero attached hydrogens (tertiary/aromatic N) is 1. The lowest BCUT2D eigenvalue weighted by Crippen LogP contribution is -2.31. The number of fused-ring (bicyclic) bond motifs is 1. The SMILES string of the molecule is C#CCSc1nc2c(c(=O)[nH]1)[C@@H](c1ccc(Br)cc1)CC(=O)N2. The normalized spacial score (nSPS) is 16.3. The van der Waals surface area contributed by atoms with Crippen LogP contribution in [0.1, 0.15) is 23.5 Å². The van der Waals surface area contributed by atoms with E-state index in [9.17, 15) is 9.59 Å². The molecule has 0 radical (unpaired) electrons. The van der Waals surface area contributed by atoms with E-state index in [0.29, 0.717) is 22.3 Å². The molecule has 2 aromatic rings. The highest BCUT2D eigenvalue weighted by molar-refractivity contribution is 9.10. The Balaban J connectivity index is 2.07. The maximum atomic E-state index is 12.5. The third-order valence-corrected chi connectivity index (χ3v) is 4.80. The van der Waals surface area contributed by atoms with E-state index < -0.39 is 0 Å². The molecule has 0 aliphatic carbocycles. The van der Waals surface area contributed by atoms with E-state index in [4.69, 9.17) is 6.42 Å². The zero-order valence-electron chi connectivity index (χ0n) is 11.9. The summed E-state index contributed by atoms with van der Waals surface area (Å²) < 4.78 is 0.940. The fourth-order valence-electron chi connectivity index (χ4n) is 2.51. The number of benzene rings is 1. The summed E-state index contributed by atoms with van der Waals surface area (Å²) in [5.41, 5.74) is 1.14. The number of hydrogen-bond acceptors (Lipinski definition) is 4. The van der Waals surface area contributed by atoms with Gasteiger partial charge < -0.3 is 10.3 Å². The van der Waals surface area contributed by atoms with Gasteiger partial charge in [0.2, 0.25) is 5.91 Å². The highest BCUT2D eigenvalue weighted by Gasteiger charge is 2.30. The van der Waals surface area contributed by atoms with E-state index in [1.807, 2.05) is 24.3 Å². The number of thioether (sulfide) groups is 1. The summed E-state index contributed by atoms with van der Waals surface area (Å²) in [5, 5.41) is 3.09. The maximum absolute atomic E-state index is 12.5. The second-order valence-electron chi connectivity index (χ2n) is 4.98. The number of H-pyrrole nitrogens is 1. The third-order valence-electron chi connectivity index (χ3n) is 3.49. The Morgan fingerprint density at radius 1 is 1.35 bits per heavy atom. The number of aromatic amines is 1. The van der Waals surface area contributed by atoms with Gasteiger partial charge >= 0.3 is 0 Å². The molecule has 1 amide bonds. The van der Waals surface area contributed by atoms with Gasteiger partial charge in [-0.15, -0.1) is 6.42 Å². The highest BCUT2D eigenvalue weighted by Crippen LogP contribution is 2.34. The second-order valence-corrected chi connectivity index (χ2v) is 6.86. The van der Waals surface area contributed by atoms with Gasteiger partial charge in [0, 0.05) is 16.8 Å². The molecule has 0 saturated heterocycles. The summed E-state index contributed by atoms with van der Waals surface area (Å²) in [4.78, 5) is 31.5. The number of aromatic nitrogens is 2. The van der Waals surface area contributed by atoms with Gasteiger partial charge in [0.25, 0.3) is 5.56 Å². The molecule has 1 aromatic carbocycles. The average molecular weight is 390 g/mol. The predicted octanol–water partition coefficient (Wildman–Crippen LogP) is 2.73. The van der Waals surface area contributed by atoms with Crippen molar-refractivity contribution in [1.29, 1.82) is 0 Å². The first kappa shape index (κ1) is 15.8. The smallest absolute Gasteiger partial charge is 0.257 e. The minimum atomic E-state index is -0.310. The highest BCUT2D eigenvalue weighted by atomic mass is 79.9. The Labute approximate surface area is 145 Å². The van der Waals surface area contributed by atoms with Crippen molar-refractivity contribution in [3.63, 3.8) is 0 Å². The van der Waals surface area contributed by atoms with E-state index >= 15 is 0 Å². The number of anilines is 1. The van der Waals surface area contributed by atoms with E-state index in [-0.39, 0.29) is 23.8 Å². The number of nitrogens with one attached hydrogen (secondary N) is 2. The summed E-state index contributed by atoms with van der Waals surface area (Å²) in [7, 11) is 0. The molecule has 0 saturated carbocycles. The summed E-state index contributed by atoms with van der Waals surface area (Å²) in [6, 6.07) is 7.58. The van der Waals surface area contributed by atoms with Gasteiger partial charge in [0.15, 0.2) is 5.16 Å². The number of amides is 1. The lowest BCUT2D eigenvalue weighted by molar-refractivity contribution is -0.116. The van der Waals surface area contributed by atoms with Crippen molar-refractivity contribution in [2.75, 3.05) is 11.1 Å². The minimum absolute atomic E-state index is 0.156. The van der Waals surface area contributed by atoms with Gasteiger partial charge in [0.1, 0.15) is 5.82 Å². The molecule has 23 heavy (non-hydrogen) atoms. The van der Waals surface area contributed by atoms with Crippen LogP contribution in [0.4, 0.5) is 5.82 Å². The zero-order chi connectivity index (χ0) is 16.4. The van der Waals surface area contributed by atoms with E-state index in [1.54, 1.807) is 0 Å². The van der Waals surface area contributed by atoms with Crippen molar-refractivity contribution in [2.45, 2.75) is 17.5 Å². The van der Waals surface area contributed by atoms with Crippen molar-refractivity contribution in [2.24, 2.45) is 0 Å². The first-order chi connectivity index (χ1) is 11.1. The monoisotopic (exact) mass is 389 g/mol. The van der Waals surface area contributed by atoms with Crippen LogP contribution in [0.5, 0.6) is 0 Å². The molecule has 5 nitrogen and oxygen atoms in total. The van der Waals surface area contributed by atoms with Crippen molar-refractivity contribution >= 4 is 39.4 Å². The van der Waals surface area contributed by atoms with Gasteiger partial charge in [-0.1, -0.05) is 45.7 Å². The van der Waals surface area contributed by atoms with Crippen molar-refractivity contribution < 1.29 is 4.79 Å². The molecule has 3 rings (SSSR count). The Bertz CT molecular complexity index is 855. The molecule has 1 aromatic heterocycles. The van der Waals surface area contributed by atoms with Gasteiger partial charge in [-0.05, 0) is 17.7 Å². The average Bonchev–Trinajstić information content (AvgIpc) is 2.52. The topological polar surface area (TPSA) is 74.8 Å². The molecule has 0 fully saturated rings. The largest absolute Gasteiger partial charge is 0.310 e. The van der Waals surface area contributed by atoms with Crippen molar-refractivity contribution in [3.05, 3.63) is 50.2 Å². The fraction of sp³-hybridized carbons (Fsp3) is 0.188. The van der Waals surface area contributed by atoms with Gasteiger partial charge in [-0.2, -0.15) is 0 Å². The Morgan fingerprint density at radius 2 is 2.09 bits per heavy atom. The van der Waals surface area contributed by atoms with Crippen LogP contribution in [0.25, 0.3) is 0 Å². The number of halogens is 1. The van der Waals surface area contributed by atoms with Gasteiger partial charge in [-0.3, -0.25) is 9.59 Å². The summed E-state index contributed by atoms with van der Waals surface area (Å²) in [5.74, 6) is 2.72. The molecule has 2 N–H and O–H groups in total. The van der Waals surface area contributed by atoms with E-state index in [2.05, 4.69) is 37.1 Å². The lowest BCUT2D eigenvalue weighted by Gasteiger charge is -2.24. The molecule has 1 aliphatic rings. The molecule has 7 heteroatoms. The second kappa shape index (κ2) is 6.60. The van der Waals surface area contributed by atoms with Crippen LogP contribution in [0, 0.1) is 12.3 Å². The molecular weight excluding hydrogens is 378 g/mol. The van der Waals surface area contributed by atoms with Gasteiger partial charge in [0.05, 0.1) is 11.3 Å². The van der Waals surface area contributed by atoms with E-state index in [1.165, 1.54) is 11.8 Å². The molecule has 0 bridgehead atoms. The summed E-state index contributed by atoms with van der Waals surface area (Å²) >= 11 is 4.63. The number of carbonyl (C=O) groups is 1. The quantitative estimate of drug-likeness (QED) is 0.480. The maximum Gasteiger partial charge on any atom is 0.257 e. The first-order valence-electron chi connectivity index (χ1n) is 6.84. The zero-order valence-corrected chi connectivity index (χ0v) is 14.3. The van der Waals surface area contributed by atoms with Crippen molar-refractivity contribution in [1.82, 2.24) is 9.97 Å². The van der Waals surface area contributed by atoms with Crippen LogP contribution in [-0.2, 0) is 4.79 Å². The van der Waals surface area contributed by atoms with Crippen LogP contribution >= 0.6 is 27.7 Å². The molecule has 116 valence electrons. The van der Waals surface area contributed by atoms with Crippen molar-refractivity contribution in [3.8, 4) is 12.3 Å². The fourth-order valence-corrected chi connectivity index (χ4v) is 3.31. The summed E-state index contributed by atoms with van der Waals surface area (Å²) in [6.07, 6.45) is 5.44. The Morgan fingerprint density at radius 3 is 2.78 bits per heavy atom. The molecule has 0 spiro atoms. The molecule has 1 aliphatic heterocycles. The number of hydrogen-bond donors (Lipinski definition) is 2. The third kappa shape index (κ3) is 3.33. The predicted molar refractivity (Wildman–Crippen MR) is 93.6 cm³/mol. The van der Waals surface area contributed by atoms with Crippen LogP contribution in [-0.4, -0.2) is 21.6 Å². The molecule has 2 heterocycles. The number of terminal acetylenes is 1. The Hall–Kier alpha value is -2.04. The standard InChI is InChI=1S/C16H12BrN3O2S/c1-2-7-23-16-19-14-13(15(22)20-16)11(8-12(21)18-14)9-3-5-10(17)6-4-9/h1,3-6,11H,7-8H2,(H2,18,19,20,21,22)/t11-/m1/s1. The molecular formula is C16H12BrN3O2S. The number of rotatable bonds is 3.